The summed E-state index contributed by atoms with van der Waals surface area (Å²) in [6.45, 7) is 2.37. The van der Waals surface area contributed by atoms with Crippen LogP contribution in [0.2, 0.25) is 5.02 Å². The molecule has 1 atom stereocenters. The Morgan fingerprint density at radius 1 is 1.13 bits per heavy atom. The standard InChI is InChI=1S/C22H22ClN3O4/c23-15-3-5-16(6-4-15)26-18(20-17(21(26)28)2-1-9-24-20)14-19(27)25-10-7-22(8-11-25)29-12-13-30-22/h1-6,9,18H,7-8,10-14H2. The van der Waals surface area contributed by atoms with Gasteiger partial charge in [0, 0.05) is 42.8 Å². The molecule has 0 aliphatic carbocycles. The molecule has 1 spiro atoms. The van der Waals surface area contributed by atoms with E-state index in [1.54, 1.807) is 47.5 Å². The highest BCUT2D eigenvalue weighted by Crippen LogP contribution is 2.39. The number of benzene rings is 1. The molecule has 1 aromatic heterocycles. The second kappa shape index (κ2) is 7.65. The van der Waals surface area contributed by atoms with Gasteiger partial charge in [-0.05, 0) is 36.4 Å². The first-order chi connectivity index (χ1) is 14.6. The number of rotatable bonds is 3. The summed E-state index contributed by atoms with van der Waals surface area (Å²) in [6, 6.07) is 10.1. The van der Waals surface area contributed by atoms with Crippen LogP contribution in [0, 0.1) is 0 Å². The number of halogens is 1. The van der Waals surface area contributed by atoms with E-state index in [1.165, 1.54) is 0 Å². The number of amides is 2. The Bertz CT molecular complexity index is 965. The molecule has 3 aliphatic rings. The van der Waals surface area contributed by atoms with Crippen molar-refractivity contribution < 1.29 is 19.1 Å². The number of hydrogen-bond donors (Lipinski definition) is 0. The number of piperidine rings is 1. The number of nitrogens with zero attached hydrogens (tertiary/aromatic N) is 3. The van der Waals surface area contributed by atoms with Crippen molar-refractivity contribution in [1.82, 2.24) is 9.88 Å². The van der Waals surface area contributed by atoms with Crippen molar-refractivity contribution in [2.24, 2.45) is 0 Å². The fraction of sp³-hybridized carbons (Fsp3) is 0.409. The van der Waals surface area contributed by atoms with Crippen molar-refractivity contribution in [2.75, 3.05) is 31.2 Å². The third kappa shape index (κ3) is 3.37. The average Bonchev–Trinajstić information content (AvgIpc) is 3.33. The maximum atomic E-state index is 13.2. The first kappa shape index (κ1) is 19.5. The molecule has 4 heterocycles. The quantitative estimate of drug-likeness (QED) is 0.752. The molecule has 2 aromatic rings. The van der Waals surface area contributed by atoms with Crippen LogP contribution >= 0.6 is 11.6 Å². The zero-order chi connectivity index (χ0) is 20.7. The van der Waals surface area contributed by atoms with Crippen LogP contribution in [0.4, 0.5) is 5.69 Å². The highest BCUT2D eigenvalue weighted by molar-refractivity contribution is 6.30. The van der Waals surface area contributed by atoms with Gasteiger partial charge in [-0.15, -0.1) is 0 Å². The zero-order valence-electron chi connectivity index (χ0n) is 16.4. The minimum Gasteiger partial charge on any atom is -0.347 e. The van der Waals surface area contributed by atoms with Crippen LogP contribution < -0.4 is 4.90 Å². The summed E-state index contributed by atoms with van der Waals surface area (Å²) in [6.07, 6.45) is 3.16. The lowest BCUT2D eigenvalue weighted by Crippen LogP contribution is -2.48. The van der Waals surface area contributed by atoms with Gasteiger partial charge in [-0.3, -0.25) is 19.5 Å². The second-order valence-electron chi connectivity index (χ2n) is 7.80. The molecule has 3 aliphatic heterocycles. The van der Waals surface area contributed by atoms with Crippen molar-refractivity contribution in [2.45, 2.75) is 31.1 Å². The molecular weight excluding hydrogens is 406 g/mol. The fourth-order valence-corrected chi connectivity index (χ4v) is 4.65. The molecule has 1 unspecified atom stereocenters. The van der Waals surface area contributed by atoms with Gasteiger partial charge in [-0.1, -0.05) is 11.6 Å². The smallest absolute Gasteiger partial charge is 0.260 e. The Labute approximate surface area is 179 Å². The first-order valence-corrected chi connectivity index (χ1v) is 10.5. The molecule has 30 heavy (non-hydrogen) atoms. The number of pyridine rings is 1. The van der Waals surface area contributed by atoms with Crippen LogP contribution in [0.5, 0.6) is 0 Å². The minimum atomic E-state index is -0.524. The van der Waals surface area contributed by atoms with Crippen molar-refractivity contribution in [3.05, 3.63) is 58.9 Å². The molecule has 156 valence electrons. The maximum Gasteiger partial charge on any atom is 0.260 e. The van der Waals surface area contributed by atoms with Crippen LogP contribution in [-0.2, 0) is 14.3 Å². The van der Waals surface area contributed by atoms with Crippen LogP contribution in [0.15, 0.2) is 42.6 Å². The van der Waals surface area contributed by atoms with E-state index in [9.17, 15) is 9.59 Å². The topological polar surface area (TPSA) is 72.0 Å². The maximum absolute atomic E-state index is 13.2. The molecule has 0 N–H and O–H groups in total. The van der Waals surface area contributed by atoms with Crippen molar-refractivity contribution in [3.63, 3.8) is 0 Å². The van der Waals surface area contributed by atoms with Crippen molar-refractivity contribution in [3.8, 4) is 0 Å². The summed E-state index contributed by atoms with van der Waals surface area (Å²) >= 11 is 6.02. The van der Waals surface area contributed by atoms with E-state index < -0.39 is 11.8 Å². The summed E-state index contributed by atoms with van der Waals surface area (Å²) in [4.78, 5) is 34.2. The number of anilines is 1. The Kier molecular flexibility index (Phi) is 4.97. The van der Waals surface area contributed by atoms with Gasteiger partial charge < -0.3 is 14.4 Å². The summed E-state index contributed by atoms with van der Waals surface area (Å²) in [5, 5.41) is 0.590. The van der Waals surface area contributed by atoms with Crippen LogP contribution in [0.3, 0.4) is 0 Å². The van der Waals surface area contributed by atoms with Crippen LogP contribution in [0.25, 0.3) is 0 Å². The normalized spacial score (nSPS) is 22.6. The summed E-state index contributed by atoms with van der Waals surface area (Å²) < 4.78 is 11.5. The van der Waals surface area contributed by atoms with Crippen LogP contribution in [-0.4, -0.2) is 53.8 Å². The van der Waals surface area contributed by atoms with Crippen molar-refractivity contribution >= 4 is 29.1 Å². The molecule has 1 aromatic carbocycles. The number of aromatic nitrogens is 1. The number of hydrogen-bond acceptors (Lipinski definition) is 5. The lowest BCUT2D eigenvalue weighted by molar-refractivity contribution is -0.187. The Hall–Kier alpha value is -2.48. The number of carbonyl (C=O) groups excluding carboxylic acids is 2. The number of likely N-dealkylation sites (tertiary alicyclic amines) is 1. The van der Waals surface area contributed by atoms with Gasteiger partial charge in [0.05, 0.1) is 36.9 Å². The van der Waals surface area contributed by atoms with E-state index in [-0.39, 0.29) is 18.2 Å². The fourth-order valence-electron chi connectivity index (χ4n) is 4.52. The predicted octanol–water partition coefficient (Wildman–Crippen LogP) is 3.19. The molecule has 0 radical (unpaired) electrons. The molecule has 0 bridgehead atoms. The Morgan fingerprint density at radius 3 is 2.53 bits per heavy atom. The summed E-state index contributed by atoms with van der Waals surface area (Å²) in [5.41, 5.74) is 1.88. The zero-order valence-corrected chi connectivity index (χ0v) is 17.2. The molecular formula is C22H22ClN3O4. The molecule has 2 saturated heterocycles. The Morgan fingerprint density at radius 2 is 1.83 bits per heavy atom. The van der Waals surface area contributed by atoms with E-state index in [2.05, 4.69) is 4.98 Å². The summed E-state index contributed by atoms with van der Waals surface area (Å²) in [7, 11) is 0. The van der Waals surface area contributed by atoms with E-state index in [1.807, 2.05) is 4.90 Å². The van der Waals surface area contributed by atoms with Crippen molar-refractivity contribution in [1.29, 1.82) is 0 Å². The Balaban J connectivity index is 1.37. The monoisotopic (exact) mass is 427 g/mol. The number of ether oxygens (including phenoxy) is 2. The largest absolute Gasteiger partial charge is 0.347 e. The molecule has 5 rings (SSSR count). The minimum absolute atomic E-state index is 0.00175. The first-order valence-electron chi connectivity index (χ1n) is 10.2. The SMILES string of the molecule is O=C(CC1c2ncccc2C(=O)N1c1ccc(Cl)cc1)N1CCC2(CC1)OCCO2. The molecule has 2 amide bonds. The molecule has 7 nitrogen and oxygen atoms in total. The van der Waals surface area contributed by atoms with Gasteiger partial charge in [-0.2, -0.15) is 0 Å². The van der Waals surface area contributed by atoms with E-state index >= 15 is 0 Å². The lowest BCUT2D eigenvalue weighted by Gasteiger charge is -2.38. The predicted molar refractivity (Wildman–Crippen MR) is 110 cm³/mol. The highest BCUT2D eigenvalue weighted by Gasteiger charge is 2.43. The number of carbonyl (C=O) groups is 2. The van der Waals surface area contributed by atoms with Gasteiger partial charge in [-0.25, -0.2) is 0 Å². The summed E-state index contributed by atoms with van der Waals surface area (Å²) in [5.74, 6) is -0.675. The van der Waals surface area contributed by atoms with E-state index in [0.717, 1.165) is 0 Å². The average molecular weight is 428 g/mol. The van der Waals surface area contributed by atoms with E-state index in [4.69, 9.17) is 21.1 Å². The second-order valence-corrected chi connectivity index (χ2v) is 8.23. The van der Waals surface area contributed by atoms with Gasteiger partial charge in [0.15, 0.2) is 5.79 Å². The molecule has 8 heteroatoms. The molecule has 0 saturated carbocycles. The van der Waals surface area contributed by atoms with E-state index in [0.29, 0.717) is 61.1 Å². The number of fused-ring (bicyclic) bond motifs is 1. The van der Waals surface area contributed by atoms with Gasteiger partial charge in [0.1, 0.15) is 0 Å². The third-order valence-electron chi connectivity index (χ3n) is 6.08. The van der Waals surface area contributed by atoms with Gasteiger partial charge >= 0.3 is 0 Å². The lowest BCUT2D eigenvalue weighted by atomic mass is 10.0. The highest BCUT2D eigenvalue weighted by atomic mass is 35.5. The molecule has 2 fully saturated rings. The van der Waals surface area contributed by atoms with Gasteiger partial charge in [0.2, 0.25) is 5.91 Å². The van der Waals surface area contributed by atoms with Crippen LogP contribution in [0.1, 0.15) is 41.4 Å². The third-order valence-corrected chi connectivity index (χ3v) is 6.33. The van der Waals surface area contributed by atoms with Gasteiger partial charge in [0.25, 0.3) is 5.91 Å².